The summed E-state index contributed by atoms with van der Waals surface area (Å²) in [6, 6.07) is 23.1. The van der Waals surface area contributed by atoms with Crippen molar-refractivity contribution in [2.75, 3.05) is 0 Å². The first-order valence-corrected chi connectivity index (χ1v) is 8.65. The van der Waals surface area contributed by atoms with E-state index in [9.17, 15) is 0 Å². The Labute approximate surface area is 149 Å². The van der Waals surface area contributed by atoms with Crippen molar-refractivity contribution >= 4 is 0 Å². The molecule has 0 aliphatic heterocycles. The molecular formula is C22H24N2O. The smallest absolute Gasteiger partial charge is 0.119 e. The van der Waals surface area contributed by atoms with Crippen molar-refractivity contribution in [2.24, 2.45) is 0 Å². The second kappa shape index (κ2) is 8.45. The lowest BCUT2D eigenvalue weighted by molar-refractivity contribution is 0.306. The first-order chi connectivity index (χ1) is 12.2. The van der Waals surface area contributed by atoms with Crippen molar-refractivity contribution in [3.05, 3.63) is 95.8 Å². The minimum atomic E-state index is 0.256. The monoisotopic (exact) mass is 332 g/mol. The Morgan fingerprint density at radius 3 is 2.04 bits per heavy atom. The van der Waals surface area contributed by atoms with E-state index in [2.05, 4.69) is 48.4 Å². The molecule has 3 rings (SSSR count). The highest BCUT2D eigenvalue weighted by Crippen LogP contribution is 2.21. The van der Waals surface area contributed by atoms with Crippen LogP contribution in [0.15, 0.2) is 79.1 Å². The number of hydrogen-bond donors (Lipinski definition) is 1. The predicted molar refractivity (Wildman–Crippen MR) is 101 cm³/mol. The molecule has 0 bridgehead atoms. The van der Waals surface area contributed by atoms with Gasteiger partial charge in [-0.05, 0) is 54.8 Å². The van der Waals surface area contributed by atoms with Gasteiger partial charge in [0, 0.05) is 24.5 Å². The van der Waals surface area contributed by atoms with Crippen LogP contribution >= 0.6 is 0 Å². The Morgan fingerprint density at radius 1 is 0.800 bits per heavy atom. The predicted octanol–water partition coefficient (Wildman–Crippen LogP) is 5.07. The molecule has 0 aliphatic carbocycles. The third-order valence-corrected chi connectivity index (χ3v) is 4.33. The Hall–Kier alpha value is -2.65. The fraction of sp³-hybridized carbons (Fsp3) is 0.227. The summed E-state index contributed by atoms with van der Waals surface area (Å²) in [5.41, 5.74) is 3.66. The van der Waals surface area contributed by atoms with Gasteiger partial charge in [-0.15, -0.1) is 0 Å². The maximum absolute atomic E-state index is 5.85. The van der Waals surface area contributed by atoms with E-state index < -0.39 is 0 Å². The number of rotatable bonds is 7. The van der Waals surface area contributed by atoms with Crippen LogP contribution in [0.25, 0.3) is 0 Å². The Bertz CT molecular complexity index is 757. The van der Waals surface area contributed by atoms with Gasteiger partial charge in [-0.2, -0.15) is 0 Å². The molecular weight excluding hydrogens is 308 g/mol. The number of nitrogens with one attached hydrogen (secondary N) is 1. The summed E-state index contributed by atoms with van der Waals surface area (Å²) in [5, 5.41) is 3.62. The quantitative estimate of drug-likeness (QED) is 0.656. The van der Waals surface area contributed by atoms with E-state index in [0.29, 0.717) is 6.61 Å². The van der Waals surface area contributed by atoms with Gasteiger partial charge in [0.2, 0.25) is 0 Å². The molecule has 2 atom stereocenters. The van der Waals surface area contributed by atoms with E-state index >= 15 is 0 Å². The van der Waals surface area contributed by atoms with Crippen LogP contribution in [0.5, 0.6) is 5.75 Å². The third kappa shape index (κ3) is 4.91. The molecule has 0 fully saturated rings. The number of aromatic nitrogens is 1. The van der Waals surface area contributed by atoms with Crippen LogP contribution < -0.4 is 10.1 Å². The van der Waals surface area contributed by atoms with Gasteiger partial charge in [-0.25, -0.2) is 0 Å². The SMILES string of the molecule is CC(N[C@@H](C)c1ccncc1)c1ccc(OCc2ccccc2)cc1. The molecule has 1 unspecified atom stereocenters. The van der Waals surface area contributed by atoms with Gasteiger partial charge in [-0.3, -0.25) is 4.98 Å². The first kappa shape index (κ1) is 17.2. The van der Waals surface area contributed by atoms with E-state index in [1.807, 2.05) is 54.9 Å². The van der Waals surface area contributed by atoms with Gasteiger partial charge >= 0.3 is 0 Å². The molecule has 1 aromatic heterocycles. The summed E-state index contributed by atoms with van der Waals surface area (Å²) in [5.74, 6) is 0.891. The molecule has 1 N–H and O–H groups in total. The number of pyridine rings is 1. The Morgan fingerprint density at radius 2 is 1.40 bits per heavy atom. The van der Waals surface area contributed by atoms with Crippen LogP contribution in [0.3, 0.4) is 0 Å². The minimum Gasteiger partial charge on any atom is -0.489 e. The second-order valence-electron chi connectivity index (χ2n) is 6.23. The topological polar surface area (TPSA) is 34.2 Å². The molecule has 0 radical (unpaired) electrons. The summed E-state index contributed by atoms with van der Waals surface area (Å²) in [7, 11) is 0. The standard InChI is InChI=1S/C22H24N2O/c1-17(24-18(2)21-12-14-23-15-13-21)20-8-10-22(11-9-20)25-16-19-6-4-3-5-7-19/h3-15,17-18,24H,16H2,1-2H3/t17?,18-/m0/s1. The van der Waals surface area contributed by atoms with Gasteiger partial charge in [-0.1, -0.05) is 42.5 Å². The van der Waals surface area contributed by atoms with Crippen molar-refractivity contribution in [2.45, 2.75) is 32.5 Å². The summed E-state index contributed by atoms with van der Waals surface area (Å²) in [4.78, 5) is 4.07. The first-order valence-electron chi connectivity index (χ1n) is 8.65. The second-order valence-corrected chi connectivity index (χ2v) is 6.23. The minimum absolute atomic E-state index is 0.256. The molecule has 3 nitrogen and oxygen atoms in total. The van der Waals surface area contributed by atoms with Crippen molar-refractivity contribution in [3.63, 3.8) is 0 Å². The summed E-state index contributed by atoms with van der Waals surface area (Å²) in [6.45, 7) is 4.94. The Balaban J connectivity index is 1.56. The van der Waals surface area contributed by atoms with Gasteiger partial charge in [0.25, 0.3) is 0 Å². The van der Waals surface area contributed by atoms with Crippen LogP contribution in [-0.2, 0) is 6.61 Å². The molecule has 3 aromatic rings. The third-order valence-electron chi connectivity index (χ3n) is 4.33. The van der Waals surface area contributed by atoms with Crippen LogP contribution in [-0.4, -0.2) is 4.98 Å². The van der Waals surface area contributed by atoms with E-state index in [1.54, 1.807) is 0 Å². The number of hydrogen-bond acceptors (Lipinski definition) is 3. The number of benzene rings is 2. The lowest BCUT2D eigenvalue weighted by Crippen LogP contribution is -2.22. The lowest BCUT2D eigenvalue weighted by atomic mass is 10.0. The van der Waals surface area contributed by atoms with Crippen molar-refractivity contribution in [1.29, 1.82) is 0 Å². The fourth-order valence-corrected chi connectivity index (χ4v) is 2.81. The molecule has 1 heterocycles. The van der Waals surface area contributed by atoms with E-state index in [1.165, 1.54) is 16.7 Å². The summed E-state index contributed by atoms with van der Waals surface area (Å²) >= 11 is 0. The average Bonchev–Trinajstić information content (AvgIpc) is 2.68. The van der Waals surface area contributed by atoms with Gasteiger partial charge < -0.3 is 10.1 Å². The molecule has 0 aliphatic rings. The van der Waals surface area contributed by atoms with E-state index in [-0.39, 0.29) is 12.1 Å². The largest absolute Gasteiger partial charge is 0.489 e. The van der Waals surface area contributed by atoms with Crippen LogP contribution in [0, 0.1) is 0 Å². The Kier molecular flexibility index (Phi) is 5.81. The molecule has 0 spiro atoms. The number of nitrogens with zero attached hydrogens (tertiary/aromatic N) is 1. The zero-order valence-corrected chi connectivity index (χ0v) is 14.7. The lowest BCUT2D eigenvalue weighted by Gasteiger charge is -2.21. The summed E-state index contributed by atoms with van der Waals surface area (Å²) in [6.07, 6.45) is 3.66. The van der Waals surface area contributed by atoms with Gasteiger partial charge in [0.1, 0.15) is 12.4 Å². The highest BCUT2D eigenvalue weighted by atomic mass is 16.5. The van der Waals surface area contributed by atoms with Crippen molar-refractivity contribution < 1.29 is 4.74 Å². The molecule has 3 heteroatoms. The zero-order valence-electron chi connectivity index (χ0n) is 14.7. The van der Waals surface area contributed by atoms with Crippen molar-refractivity contribution in [3.8, 4) is 5.75 Å². The van der Waals surface area contributed by atoms with Crippen LogP contribution in [0.2, 0.25) is 0 Å². The van der Waals surface area contributed by atoms with E-state index in [0.717, 1.165) is 5.75 Å². The summed E-state index contributed by atoms with van der Waals surface area (Å²) < 4.78 is 5.85. The molecule has 128 valence electrons. The maximum atomic E-state index is 5.85. The zero-order chi connectivity index (χ0) is 17.5. The van der Waals surface area contributed by atoms with Crippen molar-refractivity contribution in [1.82, 2.24) is 10.3 Å². The molecule has 0 amide bonds. The van der Waals surface area contributed by atoms with Gasteiger partial charge in [0.05, 0.1) is 0 Å². The highest BCUT2D eigenvalue weighted by molar-refractivity contribution is 5.29. The van der Waals surface area contributed by atoms with Crippen LogP contribution in [0.1, 0.15) is 42.6 Å². The maximum Gasteiger partial charge on any atom is 0.119 e. The highest BCUT2D eigenvalue weighted by Gasteiger charge is 2.11. The molecule has 25 heavy (non-hydrogen) atoms. The number of ether oxygens (including phenoxy) is 1. The molecule has 0 saturated heterocycles. The van der Waals surface area contributed by atoms with E-state index in [4.69, 9.17) is 4.74 Å². The van der Waals surface area contributed by atoms with Crippen LogP contribution in [0.4, 0.5) is 0 Å². The molecule has 0 saturated carbocycles. The van der Waals surface area contributed by atoms with Gasteiger partial charge in [0.15, 0.2) is 0 Å². The average molecular weight is 332 g/mol. The normalized spacial score (nSPS) is 13.2. The molecule has 2 aromatic carbocycles. The fourth-order valence-electron chi connectivity index (χ4n) is 2.81.